The van der Waals surface area contributed by atoms with Crippen LogP contribution in [0.3, 0.4) is 0 Å². The molecule has 0 amide bonds. The molecule has 1 aromatic rings. The maximum Gasteiger partial charge on any atom is 0.218 e. The number of hydrogen-bond donors (Lipinski definition) is 1. The van der Waals surface area contributed by atoms with E-state index in [-0.39, 0.29) is 24.0 Å². The van der Waals surface area contributed by atoms with Crippen LogP contribution in [0.25, 0.3) is 0 Å². The fourth-order valence-electron chi connectivity index (χ4n) is 3.80. The van der Waals surface area contributed by atoms with Gasteiger partial charge in [0, 0.05) is 44.4 Å². The molecule has 1 aliphatic carbocycles. The van der Waals surface area contributed by atoms with Gasteiger partial charge in [-0.2, -0.15) is 0 Å². The largest absolute Gasteiger partial charge is 0.474 e. The van der Waals surface area contributed by atoms with E-state index in [0.717, 1.165) is 62.9 Å². The van der Waals surface area contributed by atoms with Crippen LogP contribution in [0.5, 0.6) is 5.88 Å². The number of nitrogens with zero attached hydrogens (tertiary/aromatic N) is 3. The average Bonchev–Trinajstić information content (AvgIpc) is 3.32. The van der Waals surface area contributed by atoms with Crippen molar-refractivity contribution in [3.05, 3.63) is 23.9 Å². The normalized spacial score (nSPS) is 20.6. The van der Waals surface area contributed by atoms with Gasteiger partial charge in [0.2, 0.25) is 5.88 Å². The van der Waals surface area contributed by atoms with Crippen molar-refractivity contribution >= 4 is 29.9 Å². The molecule has 2 fully saturated rings. The molecule has 7 heteroatoms. The third-order valence-corrected chi connectivity index (χ3v) is 5.15. The molecule has 2 aliphatic rings. The van der Waals surface area contributed by atoms with Gasteiger partial charge >= 0.3 is 0 Å². The Kier molecular flexibility index (Phi) is 9.61. The third kappa shape index (κ3) is 6.48. The molecule has 0 radical (unpaired) electrons. The van der Waals surface area contributed by atoms with Crippen molar-refractivity contribution < 1.29 is 9.47 Å². The number of rotatable bonds is 7. The highest BCUT2D eigenvalue weighted by Crippen LogP contribution is 2.25. The summed E-state index contributed by atoms with van der Waals surface area (Å²) in [7, 11) is 1.77. The molecule has 27 heavy (non-hydrogen) atoms. The molecule has 1 N–H and O–H groups in total. The molecular weight excluding hydrogens is 455 g/mol. The lowest BCUT2D eigenvalue weighted by Gasteiger charge is -2.22. The molecule has 2 heterocycles. The zero-order valence-electron chi connectivity index (χ0n) is 16.5. The molecule has 1 saturated carbocycles. The van der Waals surface area contributed by atoms with Crippen LogP contribution in [0.2, 0.25) is 0 Å². The number of nitrogens with one attached hydrogen (secondary N) is 1. The molecule has 0 aromatic carbocycles. The Morgan fingerprint density at radius 3 is 2.89 bits per heavy atom. The van der Waals surface area contributed by atoms with Gasteiger partial charge < -0.3 is 19.7 Å². The number of halogens is 1. The van der Waals surface area contributed by atoms with Crippen molar-refractivity contribution in [1.82, 2.24) is 15.2 Å². The van der Waals surface area contributed by atoms with Crippen molar-refractivity contribution in [2.24, 2.45) is 10.9 Å². The zero-order valence-corrected chi connectivity index (χ0v) is 18.9. The quantitative estimate of drug-likeness (QED) is 0.362. The molecule has 1 aliphatic heterocycles. The molecule has 6 nitrogen and oxygen atoms in total. The van der Waals surface area contributed by atoms with Crippen LogP contribution in [0.1, 0.15) is 44.6 Å². The summed E-state index contributed by atoms with van der Waals surface area (Å²) in [5.41, 5.74) is 1.06. The Bertz CT molecular complexity index is 593. The van der Waals surface area contributed by atoms with Crippen LogP contribution in [0, 0.1) is 5.92 Å². The van der Waals surface area contributed by atoms with E-state index in [1.165, 1.54) is 12.8 Å². The molecular formula is C20H33IN4O2. The maximum atomic E-state index is 6.14. The first-order valence-corrected chi connectivity index (χ1v) is 9.93. The second kappa shape index (κ2) is 11.7. The molecule has 0 bridgehead atoms. The second-order valence-electron chi connectivity index (χ2n) is 7.22. The summed E-state index contributed by atoms with van der Waals surface area (Å²) in [4.78, 5) is 11.7. The third-order valence-electron chi connectivity index (χ3n) is 5.15. The van der Waals surface area contributed by atoms with Crippen LogP contribution in [0.15, 0.2) is 23.3 Å². The van der Waals surface area contributed by atoms with Crippen molar-refractivity contribution in [3.8, 4) is 5.88 Å². The van der Waals surface area contributed by atoms with Crippen LogP contribution in [-0.4, -0.2) is 55.3 Å². The van der Waals surface area contributed by atoms with Crippen LogP contribution >= 0.6 is 24.0 Å². The number of methoxy groups -OCH3 is 1. The molecule has 1 unspecified atom stereocenters. The van der Waals surface area contributed by atoms with Crippen molar-refractivity contribution in [1.29, 1.82) is 0 Å². The number of ether oxygens (including phenoxy) is 2. The Morgan fingerprint density at radius 2 is 2.15 bits per heavy atom. The lowest BCUT2D eigenvalue weighted by molar-refractivity contribution is 0.157. The highest BCUT2D eigenvalue weighted by Gasteiger charge is 2.25. The van der Waals surface area contributed by atoms with Gasteiger partial charge in [-0.15, -0.1) is 24.0 Å². The molecule has 0 spiro atoms. The van der Waals surface area contributed by atoms with Crippen LogP contribution in [0.4, 0.5) is 0 Å². The average molecular weight is 488 g/mol. The molecule has 1 saturated heterocycles. The van der Waals surface area contributed by atoms with Gasteiger partial charge in [-0.05, 0) is 45.1 Å². The number of aliphatic imine (C=N–C) groups is 1. The molecule has 1 atom stereocenters. The number of aromatic nitrogens is 1. The van der Waals surface area contributed by atoms with Crippen LogP contribution in [-0.2, 0) is 11.3 Å². The number of likely N-dealkylation sites (tertiary alicyclic amines) is 1. The van der Waals surface area contributed by atoms with E-state index < -0.39 is 0 Å². The molecule has 152 valence electrons. The van der Waals surface area contributed by atoms with E-state index in [0.29, 0.717) is 18.6 Å². The Labute approximate surface area is 180 Å². The summed E-state index contributed by atoms with van der Waals surface area (Å²) in [6.45, 7) is 6.40. The van der Waals surface area contributed by atoms with Gasteiger partial charge in [-0.3, -0.25) is 0 Å². The van der Waals surface area contributed by atoms with E-state index in [4.69, 9.17) is 14.5 Å². The van der Waals surface area contributed by atoms with Crippen molar-refractivity contribution in [2.45, 2.75) is 51.7 Å². The first kappa shape index (κ1) is 22.2. The van der Waals surface area contributed by atoms with Gasteiger partial charge in [-0.25, -0.2) is 9.98 Å². The topological polar surface area (TPSA) is 59.0 Å². The van der Waals surface area contributed by atoms with E-state index >= 15 is 0 Å². The number of guanidine groups is 1. The van der Waals surface area contributed by atoms with Gasteiger partial charge in [-0.1, -0.05) is 6.07 Å². The Morgan fingerprint density at radius 1 is 1.33 bits per heavy atom. The van der Waals surface area contributed by atoms with Crippen LogP contribution < -0.4 is 10.1 Å². The predicted octanol–water partition coefficient (Wildman–Crippen LogP) is 3.45. The lowest BCUT2D eigenvalue weighted by atomic mass is 10.1. The van der Waals surface area contributed by atoms with E-state index in [1.807, 2.05) is 6.07 Å². The zero-order chi connectivity index (χ0) is 18.2. The highest BCUT2D eigenvalue weighted by molar-refractivity contribution is 14.0. The smallest absolute Gasteiger partial charge is 0.218 e. The van der Waals surface area contributed by atoms with Gasteiger partial charge in [0.05, 0.1) is 13.2 Å². The summed E-state index contributed by atoms with van der Waals surface area (Å²) >= 11 is 0. The van der Waals surface area contributed by atoms with E-state index in [2.05, 4.69) is 28.2 Å². The lowest BCUT2D eigenvalue weighted by Crippen LogP contribution is -2.40. The minimum atomic E-state index is 0. The molecule has 1 aromatic heterocycles. The van der Waals surface area contributed by atoms with E-state index in [9.17, 15) is 0 Å². The van der Waals surface area contributed by atoms with Gasteiger partial charge in [0.15, 0.2) is 5.96 Å². The minimum Gasteiger partial charge on any atom is -0.474 e. The minimum absolute atomic E-state index is 0. The Hall–Kier alpha value is -1.09. The van der Waals surface area contributed by atoms with Crippen molar-refractivity contribution in [3.63, 3.8) is 0 Å². The number of hydrogen-bond acceptors (Lipinski definition) is 4. The summed E-state index contributed by atoms with van der Waals surface area (Å²) in [5.74, 6) is 2.31. The highest BCUT2D eigenvalue weighted by atomic mass is 127. The fourth-order valence-corrected chi connectivity index (χ4v) is 3.80. The number of pyridine rings is 1. The summed E-state index contributed by atoms with van der Waals surface area (Å²) in [5, 5.41) is 3.42. The summed E-state index contributed by atoms with van der Waals surface area (Å²) < 4.78 is 11.5. The van der Waals surface area contributed by atoms with Crippen molar-refractivity contribution in [2.75, 3.05) is 33.4 Å². The Balaban J connectivity index is 0.00000261. The summed E-state index contributed by atoms with van der Waals surface area (Å²) in [6.07, 6.45) is 8.06. The first-order valence-electron chi connectivity index (χ1n) is 9.93. The standard InChI is InChI=1S/C20H32N4O2.HI/c1-3-21-20(24-12-10-16(14-24)15-25-2)23-13-17-7-6-11-22-19(17)26-18-8-4-5-9-18;/h6-7,11,16,18H,3-5,8-10,12-15H2,1-2H3,(H,21,23);1H. The monoisotopic (exact) mass is 488 g/mol. The SMILES string of the molecule is CCNC(=NCc1cccnc1OC1CCCC1)N1CCC(COC)C1.I. The summed E-state index contributed by atoms with van der Waals surface area (Å²) in [6, 6.07) is 4.03. The van der Waals surface area contributed by atoms with E-state index in [1.54, 1.807) is 13.3 Å². The molecule has 3 rings (SSSR count). The second-order valence-corrected chi connectivity index (χ2v) is 7.22. The first-order chi connectivity index (χ1) is 12.8. The van der Waals surface area contributed by atoms with Gasteiger partial charge in [0.25, 0.3) is 0 Å². The predicted molar refractivity (Wildman–Crippen MR) is 119 cm³/mol. The van der Waals surface area contributed by atoms with Gasteiger partial charge in [0.1, 0.15) is 6.10 Å². The fraction of sp³-hybridized carbons (Fsp3) is 0.700. The maximum absolute atomic E-state index is 6.14.